The lowest BCUT2D eigenvalue weighted by Crippen LogP contribution is -2.55. The zero-order valence-electron chi connectivity index (χ0n) is 12.2. The molecule has 0 saturated carbocycles. The van der Waals surface area contributed by atoms with Crippen molar-refractivity contribution in [3.63, 3.8) is 0 Å². The van der Waals surface area contributed by atoms with Crippen molar-refractivity contribution >= 4 is 17.7 Å². The molecule has 0 aliphatic heterocycles. The Morgan fingerprint density at radius 1 is 1.42 bits per heavy atom. The van der Waals surface area contributed by atoms with Crippen LogP contribution in [0, 0.1) is 13.8 Å². The van der Waals surface area contributed by atoms with Crippen molar-refractivity contribution in [2.45, 2.75) is 44.6 Å². The maximum absolute atomic E-state index is 11.6. The first-order valence-electron chi connectivity index (χ1n) is 6.64. The summed E-state index contributed by atoms with van der Waals surface area (Å²) < 4.78 is 0. The molecule has 0 aromatic heterocycles. The van der Waals surface area contributed by atoms with Crippen molar-refractivity contribution in [3.8, 4) is 0 Å². The van der Waals surface area contributed by atoms with E-state index in [4.69, 9.17) is 5.73 Å². The highest BCUT2D eigenvalue weighted by Gasteiger charge is 2.30. The van der Waals surface area contributed by atoms with Crippen LogP contribution < -0.4 is 11.1 Å². The smallest absolute Gasteiger partial charge is 0.238 e. The first kappa shape index (κ1) is 16.1. The highest BCUT2D eigenvalue weighted by Crippen LogP contribution is 2.26. The molecule has 1 atom stereocenters. The van der Waals surface area contributed by atoms with E-state index in [1.165, 1.54) is 16.0 Å². The van der Waals surface area contributed by atoms with Gasteiger partial charge in [-0.2, -0.15) is 0 Å². The zero-order chi connectivity index (χ0) is 14.5. The Kier molecular flexibility index (Phi) is 5.88. The maximum atomic E-state index is 11.6. The molecule has 1 aromatic carbocycles. The van der Waals surface area contributed by atoms with E-state index in [1.807, 2.05) is 6.92 Å². The summed E-state index contributed by atoms with van der Waals surface area (Å²) in [5.74, 6) is 0.352. The Balaban J connectivity index is 2.73. The molecule has 0 heterocycles. The molecule has 0 aliphatic rings. The third-order valence-electron chi connectivity index (χ3n) is 3.16. The molecule has 1 aromatic rings. The molecule has 106 valence electrons. The molecule has 0 fully saturated rings. The number of thioether (sulfide) groups is 1. The van der Waals surface area contributed by atoms with Crippen LogP contribution in [0.3, 0.4) is 0 Å². The van der Waals surface area contributed by atoms with Gasteiger partial charge in [-0.05, 0) is 45.4 Å². The molecule has 1 rings (SSSR count). The fourth-order valence-electron chi connectivity index (χ4n) is 1.79. The molecule has 0 radical (unpaired) electrons. The average molecular weight is 280 g/mol. The van der Waals surface area contributed by atoms with Crippen molar-refractivity contribution in [2.24, 2.45) is 5.73 Å². The second-order valence-electron chi connectivity index (χ2n) is 5.18. The van der Waals surface area contributed by atoms with E-state index in [0.717, 1.165) is 13.0 Å². The van der Waals surface area contributed by atoms with Crippen molar-refractivity contribution in [3.05, 3.63) is 29.3 Å². The number of nitrogens with one attached hydrogen (secondary N) is 1. The number of benzene rings is 1. The van der Waals surface area contributed by atoms with Crippen molar-refractivity contribution < 1.29 is 4.79 Å². The second kappa shape index (κ2) is 6.96. The van der Waals surface area contributed by atoms with Crippen LogP contribution in [0.25, 0.3) is 0 Å². The lowest BCUT2D eigenvalue weighted by Gasteiger charge is -2.27. The van der Waals surface area contributed by atoms with E-state index in [2.05, 4.69) is 44.3 Å². The van der Waals surface area contributed by atoms with Gasteiger partial charge in [0.15, 0.2) is 0 Å². The lowest BCUT2D eigenvalue weighted by molar-refractivity contribution is -0.122. The third-order valence-corrected chi connectivity index (χ3v) is 4.65. The van der Waals surface area contributed by atoms with Gasteiger partial charge < -0.3 is 11.1 Å². The van der Waals surface area contributed by atoms with Gasteiger partial charge in [0, 0.05) is 10.6 Å². The predicted octanol–water partition coefficient (Wildman–Crippen LogP) is 2.64. The summed E-state index contributed by atoms with van der Waals surface area (Å²) in [4.78, 5) is 12.8. The SMILES string of the molecule is CCCNC(C)(CSc1ccc(C)cc1C)C(N)=O. The molecule has 0 bridgehead atoms. The van der Waals surface area contributed by atoms with Crippen molar-refractivity contribution in [1.82, 2.24) is 5.32 Å². The fourth-order valence-corrected chi connectivity index (χ4v) is 2.93. The van der Waals surface area contributed by atoms with Gasteiger partial charge in [-0.3, -0.25) is 4.79 Å². The fraction of sp³-hybridized carbons (Fsp3) is 0.533. The first-order chi connectivity index (χ1) is 8.89. The number of rotatable bonds is 7. The number of primary amides is 1. The molecule has 19 heavy (non-hydrogen) atoms. The molecule has 1 amide bonds. The minimum absolute atomic E-state index is 0.293. The Morgan fingerprint density at radius 3 is 2.63 bits per heavy atom. The quantitative estimate of drug-likeness (QED) is 0.755. The summed E-state index contributed by atoms with van der Waals surface area (Å²) in [5.41, 5.74) is 7.36. The highest BCUT2D eigenvalue weighted by molar-refractivity contribution is 7.99. The van der Waals surface area contributed by atoms with Gasteiger partial charge in [-0.15, -0.1) is 11.8 Å². The van der Waals surface area contributed by atoms with E-state index in [0.29, 0.717) is 5.75 Å². The van der Waals surface area contributed by atoms with E-state index >= 15 is 0 Å². The number of carbonyl (C=O) groups excluding carboxylic acids is 1. The van der Waals surface area contributed by atoms with Crippen molar-refractivity contribution in [1.29, 1.82) is 0 Å². The normalized spacial score (nSPS) is 14.1. The number of hydrogen-bond acceptors (Lipinski definition) is 3. The molecule has 1 unspecified atom stereocenters. The largest absolute Gasteiger partial charge is 0.368 e. The van der Waals surface area contributed by atoms with Crippen LogP contribution in [-0.2, 0) is 4.79 Å². The number of amides is 1. The third kappa shape index (κ3) is 4.55. The minimum atomic E-state index is -0.655. The van der Waals surface area contributed by atoms with Crippen LogP contribution in [0.2, 0.25) is 0 Å². The van der Waals surface area contributed by atoms with E-state index in [-0.39, 0.29) is 5.91 Å². The monoisotopic (exact) mass is 280 g/mol. The van der Waals surface area contributed by atoms with Gasteiger partial charge in [0.25, 0.3) is 0 Å². The topological polar surface area (TPSA) is 55.1 Å². The standard InChI is InChI=1S/C15H24N2OS/c1-5-8-17-15(4,14(16)18)10-19-13-7-6-11(2)9-12(13)3/h6-7,9,17H,5,8,10H2,1-4H3,(H2,16,18). The van der Waals surface area contributed by atoms with Crippen molar-refractivity contribution in [2.75, 3.05) is 12.3 Å². The molecular weight excluding hydrogens is 256 g/mol. The van der Waals surface area contributed by atoms with Gasteiger partial charge in [0.05, 0.1) is 0 Å². The number of hydrogen-bond donors (Lipinski definition) is 2. The van der Waals surface area contributed by atoms with E-state index < -0.39 is 5.54 Å². The van der Waals surface area contributed by atoms with Gasteiger partial charge >= 0.3 is 0 Å². The van der Waals surface area contributed by atoms with Crippen LogP contribution in [0.5, 0.6) is 0 Å². The molecule has 3 N–H and O–H groups in total. The summed E-state index contributed by atoms with van der Waals surface area (Å²) in [6, 6.07) is 6.36. The van der Waals surface area contributed by atoms with Crippen LogP contribution in [0.4, 0.5) is 0 Å². The van der Waals surface area contributed by atoms with Crippen LogP contribution >= 0.6 is 11.8 Å². The molecule has 0 aliphatic carbocycles. The highest BCUT2D eigenvalue weighted by atomic mass is 32.2. The maximum Gasteiger partial charge on any atom is 0.238 e. The van der Waals surface area contributed by atoms with Gasteiger partial charge in [-0.1, -0.05) is 24.6 Å². The first-order valence-corrected chi connectivity index (χ1v) is 7.62. The average Bonchev–Trinajstić information content (AvgIpc) is 2.35. The minimum Gasteiger partial charge on any atom is -0.368 e. The predicted molar refractivity (Wildman–Crippen MR) is 82.5 cm³/mol. The van der Waals surface area contributed by atoms with E-state index in [1.54, 1.807) is 11.8 Å². The summed E-state index contributed by atoms with van der Waals surface area (Å²) in [6.45, 7) is 8.92. The Bertz CT molecular complexity index is 448. The number of nitrogens with two attached hydrogens (primary N) is 1. The molecular formula is C15H24N2OS. The summed E-state index contributed by atoms with van der Waals surface area (Å²) in [6.07, 6.45) is 0.983. The lowest BCUT2D eigenvalue weighted by atomic mass is 10.0. The summed E-state index contributed by atoms with van der Waals surface area (Å²) in [5, 5.41) is 3.25. The molecule has 0 saturated heterocycles. The molecule has 4 heteroatoms. The summed E-state index contributed by atoms with van der Waals surface area (Å²) >= 11 is 1.68. The van der Waals surface area contributed by atoms with E-state index in [9.17, 15) is 4.79 Å². The Hall–Kier alpha value is -1.00. The molecule has 3 nitrogen and oxygen atoms in total. The van der Waals surface area contributed by atoms with Crippen LogP contribution in [0.15, 0.2) is 23.1 Å². The molecule has 0 spiro atoms. The van der Waals surface area contributed by atoms with Gasteiger partial charge in [0.1, 0.15) is 5.54 Å². The number of carbonyl (C=O) groups is 1. The number of aryl methyl sites for hydroxylation is 2. The Morgan fingerprint density at radius 2 is 2.11 bits per heavy atom. The van der Waals surface area contributed by atoms with Gasteiger partial charge in [-0.25, -0.2) is 0 Å². The zero-order valence-corrected chi connectivity index (χ0v) is 13.1. The Labute approximate surface area is 120 Å². The van der Waals surface area contributed by atoms with Gasteiger partial charge in [0.2, 0.25) is 5.91 Å². The second-order valence-corrected chi connectivity index (χ2v) is 6.20. The van der Waals surface area contributed by atoms with Crippen LogP contribution in [0.1, 0.15) is 31.4 Å². The summed E-state index contributed by atoms with van der Waals surface area (Å²) in [7, 11) is 0. The van der Waals surface area contributed by atoms with Crippen LogP contribution in [-0.4, -0.2) is 23.7 Å².